The Kier molecular flexibility index (Phi) is 3.82. The molecule has 1 fully saturated rings. The molecule has 1 aromatic carbocycles. The monoisotopic (exact) mass is 271 g/mol. The molecule has 2 aliphatic rings. The van der Waals surface area contributed by atoms with Crippen LogP contribution in [-0.4, -0.2) is 11.9 Å². The van der Waals surface area contributed by atoms with E-state index in [0.29, 0.717) is 17.9 Å². The van der Waals surface area contributed by atoms with Gasteiger partial charge in [0.1, 0.15) is 0 Å². The fraction of sp³-hybridized carbons (Fsp3) is 0.611. The van der Waals surface area contributed by atoms with Gasteiger partial charge in [0.25, 0.3) is 5.91 Å². The summed E-state index contributed by atoms with van der Waals surface area (Å²) in [4.78, 5) is 12.5. The van der Waals surface area contributed by atoms with Crippen LogP contribution in [0.1, 0.15) is 61.0 Å². The molecule has 1 amide bonds. The Hall–Kier alpha value is -1.31. The Labute approximate surface area is 122 Å². The molecule has 3 atom stereocenters. The maximum Gasteiger partial charge on any atom is 0.251 e. The zero-order valence-corrected chi connectivity index (χ0v) is 12.6. The lowest BCUT2D eigenvalue weighted by atomic mass is 9.78. The van der Waals surface area contributed by atoms with E-state index in [1.165, 1.54) is 36.8 Å². The van der Waals surface area contributed by atoms with Crippen LogP contribution >= 0.6 is 0 Å². The Balaban J connectivity index is 1.70. The Morgan fingerprint density at radius 3 is 2.75 bits per heavy atom. The van der Waals surface area contributed by atoms with E-state index in [2.05, 4.69) is 31.3 Å². The van der Waals surface area contributed by atoms with Crippen LogP contribution in [0.5, 0.6) is 0 Å². The number of hydrogen-bond donors (Lipinski definition) is 1. The first-order valence-corrected chi connectivity index (χ1v) is 8.08. The van der Waals surface area contributed by atoms with Gasteiger partial charge in [0.15, 0.2) is 0 Å². The molecule has 0 aliphatic heterocycles. The number of fused-ring (bicyclic) bond motifs is 1. The van der Waals surface area contributed by atoms with Gasteiger partial charge in [-0.05, 0) is 60.8 Å². The summed E-state index contributed by atoms with van der Waals surface area (Å²) < 4.78 is 0. The number of carbonyl (C=O) groups is 1. The first kappa shape index (κ1) is 13.7. The maximum absolute atomic E-state index is 12.5. The third kappa shape index (κ3) is 2.61. The number of hydrogen-bond acceptors (Lipinski definition) is 1. The summed E-state index contributed by atoms with van der Waals surface area (Å²) in [5.74, 6) is 1.42. The van der Waals surface area contributed by atoms with Gasteiger partial charge in [-0.3, -0.25) is 4.79 Å². The van der Waals surface area contributed by atoms with E-state index in [1.807, 2.05) is 6.07 Å². The van der Waals surface area contributed by atoms with E-state index in [1.54, 1.807) is 0 Å². The predicted octanol–water partition coefficient (Wildman–Crippen LogP) is 3.73. The van der Waals surface area contributed by atoms with Crippen molar-refractivity contribution in [3.63, 3.8) is 0 Å². The Bertz CT molecular complexity index is 508. The molecule has 0 radical (unpaired) electrons. The van der Waals surface area contributed by atoms with Gasteiger partial charge in [0, 0.05) is 11.6 Å². The minimum Gasteiger partial charge on any atom is -0.349 e. The van der Waals surface area contributed by atoms with Crippen LogP contribution in [0.25, 0.3) is 0 Å². The van der Waals surface area contributed by atoms with Crippen LogP contribution in [0.4, 0.5) is 0 Å². The standard InChI is InChI=1S/C18H25NO/c1-12-5-3-8-17(13(12)2)19-18(20)16-10-9-14-6-4-7-15(14)11-16/h9-13,17H,3-8H2,1-2H3,(H,19,20)/t12-,13-,17-/m1/s1. The zero-order chi connectivity index (χ0) is 14.1. The van der Waals surface area contributed by atoms with E-state index in [9.17, 15) is 4.79 Å². The number of rotatable bonds is 2. The molecule has 1 aromatic rings. The van der Waals surface area contributed by atoms with Crippen LogP contribution < -0.4 is 5.32 Å². The van der Waals surface area contributed by atoms with E-state index in [4.69, 9.17) is 0 Å². The highest BCUT2D eigenvalue weighted by molar-refractivity contribution is 5.94. The maximum atomic E-state index is 12.5. The molecule has 2 nitrogen and oxygen atoms in total. The fourth-order valence-corrected chi connectivity index (χ4v) is 3.75. The molecular formula is C18H25NO. The molecule has 20 heavy (non-hydrogen) atoms. The van der Waals surface area contributed by atoms with Crippen molar-refractivity contribution in [1.29, 1.82) is 0 Å². The first-order valence-electron chi connectivity index (χ1n) is 8.08. The predicted molar refractivity (Wildman–Crippen MR) is 81.9 cm³/mol. The molecular weight excluding hydrogens is 246 g/mol. The van der Waals surface area contributed by atoms with Crippen molar-refractivity contribution >= 4 is 5.91 Å². The Morgan fingerprint density at radius 2 is 1.90 bits per heavy atom. The topological polar surface area (TPSA) is 29.1 Å². The number of aryl methyl sites for hydroxylation is 2. The lowest BCUT2D eigenvalue weighted by Crippen LogP contribution is -2.43. The molecule has 2 heteroatoms. The van der Waals surface area contributed by atoms with Crippen LogP contribution in [0.2, 0.25) is 0 Å². The molecule has 0 heterocycles. The van der Waals surface area contributed by atoms with Crippen LogP contribution in [0.3, 0.4) is 0 Å². The fourth-order valence-electron chi connectivity index (χ4n) is 3.75. The van der Waals surface area contributed by atoms with Crippen molar-refractivity contribution in [3.8, 4) is 0 Å². The normalized spacial score (nSPS) is 29.0. The van der Waals surface area contributed by atoms with Gasteiger partial charge in [-0.15, -0.1) is 0 Å². The van der Waals surface area contributed by atoms with Gasteiger partial charge in [0.05, 0.1) is 0 Å². The molecule has 0 spiro atoms. The number of benzene rings is 1. The third-order valence-corrected chi connectivity index (χ3v) is 5.38. The zero-order valence-electron chi connectivity index (χ0n) is 12.6. The molecule has 2 aliphatic carbocycles. The minimum atomic E-state index is 0.116. The number of amides is 1. The van der Waals surface area contributed by atoms with Gasteiger partial charge in [-0.1, -0.05) is 32.8 Å². The summed E-state index contributed by atoms with van der Waals surface area (Å²) >= 11 is 0. The van der Waals surface area contributed by atoms with Crippen molar-refractivity contribution in [2.75, 3.05) is 0 Å². The summed E-state index contributed by atoms with van der Waals surface area (Å²) in [6.45, 7) is 4.58. The summed E-state index contributed by atoms with van der Waals surface area (Å²) in [6.07, 6.45) is 7.20. The van der Waals surface area contributed by atoms with E-state index >= 15 is 0 Å². The number of nitrogens with one attached hydrogen (secondary N) is 1. The van der Waals surface area contributed by atoms with Crippen LogP contribution in [0.15, 0.2) is 18.2 Å². The summed E-state index contributed by atoms with van der Waals surface area (Å²) in [5, 5.41) is 3.27. The van der Waals surface area contributed by atoms with Crippen LogP contribution in [0, 0.1) is 11.8 Å². The van der Waals surface area contributed by atoms with Gasteiger partial charge >= 0.3 is 0 Å². The Morgan fingerprint density at radius 1 is 1.10 bits per heavy atom. The van der Waals surface area contributed by atoms with Crippen molar-refractivity contribution in [2.24, 2.45) is 11.8 Å². The molecule has 0 unspecified atom stereocenters. The van der Waals surface area contributed by atoms with Crippen LogP contribution in [-0.2, 0) is 12.8 Å². The van der Waals surface area contributed by atoms with Gasteiger partial charge in [-0.2, -0.15) is 0 Å². The first-order chi connectivity index (χ1) is 9.65. The smallest absolute Gasteiger partial charge is 0.251 e. The third-order valence-electron chi connectivity index (χ3n) is 5.38. The molecule has 0 aromatic heterocycles. The average molecular weight is 271 g/mol. The minimum absolute atomic E-state index is 0.116. The second-order valence-electron chi connectivity index (χ2n) is 6.68. The van der Waals surface area contributed by atoms with Crippen molar-refractivity contribution < 1.29 is 4.79 Å². The molecule has 0 saturated heterocycles. The molecule has 1 N–H and O–H groups in total. The van der Waals surface area contributed by atoms with E-state index in [-0.39, 0.29) is 5.91 Å². The largest absolute Gasteiger partial charge is 0.349 e. The lowest BCUT2D eigenvalue weighted by molar-refractivity contribution is 0.0891. The summed E-state index contributed by atoms with van der Waals surface area (Å²) in [7, 11) is 0. The van der Waals surface area contributed by atoms with Gasteiger partial charge < -0.3 is 5.32 Å². The van der Waals surface area contributed by atoms with E-state index in [0.717, 1.165) is 18.4 Å². The molecule has 3 rings (SSSR count). The van der Waals surface area contributed by atoms with Gasteiger partial charge in [-0.25, -0.2) is 0 Å². The highest BCUT2D eigenvalue weighted by Gasteiger charge is 2.28. The molecule has 108 valence electrons. The lowest BCUT2D eigenvalue weighted by Gasteiger charge is -2.34. The highest BCUT2D eigenvalue weighted by atomic mass is 16.1. The van der Waals surface area contributed by atoms with E-state index < -0.39 is 0 Å². The second kappa shape index (κ2) is 5.59. The van der Waals surface area contributed by atoms with Crippen molar-refractivity contribution in [1.82, 2.24) is 5.32 Å². The van der Waals surface area contributed by atoms with Crippen molar-refractivity contribution in [2.45, 2.75) is 58.4 Å². The van der Waals surface area contributed by atoms with Gasteiger partial charge in [0.2, 0.25) is 0 Å². The quantitative estimate of drug-likeness (QED) is 0.872. The number of carbonyl (C=O) groups excluding carboxylic acids is 1. The average Bonchev–Trinajstić information content (AvgIpc) is 2.91. The SMILES string of the molecule is C[C@@H]1[C@H](C)CCC[C@H]1NC(=O)c1ccc2c(c1)CCC2. The van der Waals surface area contributed by atoms with Crippen molar-refractivity contribution in [3.05, 3.63) is 34.9 Å². The summed E-state index contributed by atoms with van der Waals surface area (Å²) in [5.41, 5.74) is 3.65. The molecule has 1 saturated carbocycles. The summed E-state index contributed by atoms with van der Waals surface area (Å²) in [6, 6.07) is 6.59. The molecule has 0 bridgehead atoms. The highest BCUT2D eigenvalue weighted by Crippen LogP contribution is 2.30. The second-order valence-corrected chi connectivity index (χ2v) is 6.68.